The summed E-state index contributed by atoms with van der Waals surface area (Å²) >= 11 is 1.35. The van der Waals surface area contributed by atoms with Crippen LogP contribution >= 0.6 is 11.3 Å². The van der Waals surface area contributed by atoms with E-state index in [0.717, 1.165) is 67.5 Å². The molecular weight excluding hydrogens is 342 g/mol. The van der Waals surface area contributed by atoms with Crippen LogP contribution in [-0.4, -0.2) is 30.6 Å². The maximum atomic E-state index is 12.2. The van der Waals surface area contributed by atoms with Crippen LogP contribution in [0.25, 0.3) is 0 Å². The van der Waals surface area contributed by atoms with Crippen molar-refractivity contribution in [1.29, 1.82) is 0 Å². The standard InChI is InChI=1S/C17H21N3O4S/c1-24-17(23)13-11-8-4-5-9-12(11)25-16(13)18-14(21)15(22)20-19-10-6-2-3-7-10/h2-9H2,1H3,(H,18,21)(H,20,22). The van der Waals surface area contributed by atoms with E-state index in [1.54, 1.807) is 0 Å². The van der Waals surface area contributed by atoms with E-state index < -0.39 is 17.8 Å². The molecule has 3 rings (SSSR count). The van der Waals surface area contributed by atoms with Crippen molar-refractivity contribution in [3.05, 3.63) is 16.0 Å². The van der Waals surface area contributed by atoms with Crippen LogP contribution in [0.4, 0.5) is 5.00 Å². The Morgan fingerprint density at radius 1 is 1.00 bits per heavy atom. The van der Waals surface area contributed by atoms with Crippen LogP contribution in [-0.2, 0) is 27.2 Å². The Morgan fingerprint density at radius 3 is 2.40 bits per heavy atom. The fourth-order valence-electron chi connectivity index (χ4n) is 3.21. The van der Waals surface area contributed by atoms with Crippen molar-refractivity contribution in [2.45, 2.75) is 51.4 Å². The van der Waals surface area contributed by atoms with E-state index in [1.807, 2.05) is 0 Å². The van der Waals surface area contributed by atoms with E-state index in [9.17, 15) is 14.4 Å². The molecule has 2 aliphatic carbocycles. The quantitative estimate of drug-likeness (QED) is 0.489. The Hall–Kier alpha value is -2.22. The first-order chi connectivity index (χ1) is 12.1. The molecular formula is C17H21N3O4S. The van der Waals surface area contributed by atoms with Gasteiger partial charge in [0.2, 0.25) is 0 Å². The van der Waals surface area contributed by atoms with E-state index in [2.05, 4.69) is 15.8 Å². The summed E-state index contributed by atoms with van der Waals surface area (Å²) in [6.07, 6.45) is 7.54. The number of anilines is 1. The minimum Gasteiger partial charge on any atom is -0.465 e. The van der Waals surface area contributed by atoms with Crippen molar-refractivity contribution in [3.8, 4) is 0 Å². The average Bonchev–Trinajstić information content (AvgIpc) is 3.26. The van der Waals surface area contributed by atoms with Gasteiger partial charge >= 0.3 is 17.8 Å². The molecule has 1 heterocycles. The number of hydrogen-bond acceptors (Lipinski definition) is 6. The molecule has 7 nitrogen and oxygen atoms in total. The average molecular weight is 363 g/mol. The van der Waals surface area contributed by atoms with E-state index >= 15 is 0 Å². The number of carbonyl (C=O) groups is 3. The fraction of sp³-hybridized carbons (Fsp3) is 0.529. The summed E-state index contributed by atoms with van der Waals surface area (Å²) in [4.78, 5) is 37.3. The number of hydrazone groups is 1. The molecule has 2 amide bonds. The molecule has 2 aliphatic rings. The van der Waals surface area contributed by atoms with E-state index in [0.29, 0.717) is 10.6 Å². The molecule has 2 N–H and O–H groups in total. The third kappa shape index (κ3) is 3.89. The first kappa shape index (κ1) is 17.6. The van der Waals surface area contributed by atoms with Gasteiger partial charge in [-0.05, 0) is 56.9 Å². The van der Waals surface area contributed by atoms with E-state index in [1.165, 1.54) is 18.4 Å². The molecule has 0 spiro atoms. The largest absolute Gasteiger partial charge is 0.465 e. The lowest BCUT2D eigenvalue weighted by Gasteiger charge is -2.11. The van der Waals surface area contributed by atoms with Gasteiger partial charge in [-0.15, -0.1) is 11.3 Å². The summed E-state index contributed by atoms with van der Waals surface area (Å²) in [5.74, 6) is -2.14. The van der Waals surface area contributed by atoms with Crippen molar-refractivity contribution in [3.63, 3.8) is 0 Å². The van der Waals surface area contributed by atoms with E-state index in [4.69, 9.17) is 4.74 Å². The first-order valence-electron chi connectivity index (χ1n) is 8.49. The lowest BCUT2D eigenvalue weighted by molar-refractivity contribution is -0.136. The molecule has 0 bridgehead atoms. The van der Waals surface area contributed by atoms with Crippen LogP contribution in [0.5, 0.6) is 0 Å². The number of methoxy groups -OCH3 is 1. The van der Waals surface area contributed by atoms with Gasteiger partial charge in [-0.2, -0.15) is 5.10 Å². The Labute approximate surface area is 149 Å². The summed E-state index contributed by atoms with van der Waals surface area (Å²) < 4.78 is 4.85. The molecule has 1 fully saturated rings. The van der Waals surface area contributed by atoms with Crippen LogP contribution in [0.15, 0.2) is 5.10 Å². The summed E-state index contributed by atoms with van der Waals surface area (Å²) in [6.45, 7) is 0. The lowest BCUT2D eigenvalue weighted by atomic mass is 9.95. The summed E-state index contributed by atoms with van der Waals surface area (Å²) in [5.41, 5.74) is 4.52. The number of aryl methyl sites for hydroxylation is 1. The third-order valence-corrected chi connectivity index (χ3v) is 5.70. The number of nitrogens with zero attached hydrogens (tertiary/aromatic N) is 1. The molecule has 0 radical (unpaired) electrons. The molecule has 0 atom stereocenters. The zero-order chi connectivity index (χ0) is 17.8. The second kappa shape index (κ2) is 7.77. The number of nitrogens with one attached hydrogen (secondary N) is 2. The predicted octanol–water partition coefficient (Wildman–Crippen LogP) is 2.40. The summed E-state index contributed by atoms with van der Waals surface area (Å²) in [7, 11) is 1.31. The topological polar surface area (TPSA) is 96.9 Å². The molecule has 1 saturated carbocycles. The normalized spacial score (nSPS) is 16.1. The Morgan fingerprint density at radius 2 is 1.68 bits per heavy atom. The van der Waals surface area contributed by atoms with Crippen LogP contribution in [0, 0.1) is 0 Å². The highest BCUT2D eigenvalue weighted by molar-refractivity contribution is 7.17. The predicted molar refractivity (Wildman–Crippen MR) is 95.0 cm³/mol. The number of esters is 1. The van der Waals surface area contributed by atoms with Gasteiger partial charge in [0.1, 0.15) is 5.00 Å². The Bertz CT molecular complexity index is 730. The molecule has 0 aromatic carbocycles. The van der Waals surface area contributed by atoms with Gasteiger partial charge in [0.25, 0.3) is 0 Å². The van der Waals surface area contributed by atoms with Gasteiger partial charge in [0.05, 0.1) is 12.7 Å². The molecule has 134 valence electrons. The van der Waals surface area contributed by atoms with Gasteiger partial charge < -0.3 is 10.1 Å². The van der Waals surface area contributed by atoms with E-state index in [-0.39, 0.29) is 0 Å². The molecule has 8 heteroatoms. The number of thiophene rings is 1. The maximum absolute atomic E-state index is 12.2. The highest BCUT2D eigenvalue weighted by Gasteiger charge is 2.28. The first-order valence-corrected chi connectivity index (χ1v) is 9.31. The minimum absolute atomic E-state index is 0.380. The molecule has 0 unspecified atom stereocenters. The van der Waals surface area contributed by atoms with Gasteiger partial charge in [-0.3, -0.25) is 9.59 Å². The molecule has 0 aliphatic heterocycles. The smallest absolute Gasteiger partial charge is 0.341 e. The summed E-state index contributed by atoms with van der Waals surface area (Å²) in [5, 5.41) is 6.93. The van der Waals surface area contributed by atoms with Crippen molar-refractivity contribution >= 4 is 39.8 Å². The zero-order valence-corrected chi connectivity index (χ0v) is 15.0. The monoisotopic (exact) mass is 363 g/mol. The van der Waals surface area contributed by atoms with Crippen LogP contribution in [0.1, 0.15) is 59.3 Å². The second-order valence-corrected chi connectivity index (χ2v) is 7.29. The lowest BCUT2D eigenvalue weighted by Crippen LogP contribution is -2.33. The minimum atomic E-state index is -0.832. The Kier molecular flexibility index (Phi) is 5.47. The van der Waals surface area contributed by atoms with Crippen molar-refractivity contribution in [2.24, 2.45) is 5.10 Å². The van der Waals surface area contributed by atoms with Crippen molar-refractivity contribution < 1.29 is 19.1 Å². The number of carbonyl (C=O) groups excluding carboxylic acids is 3. The number of hydrogen-bond donors (Lipinski definition) is 2. The number of amides is 2. The van der Waals surface area contributed by atoms with Gasteiger partial charge in [0, 0.05) is 10.6 Å². The van der Waals surface area contributed by atoms with Crippen molar-refractivity contribution in [2.75, 3.05) is 12.4 Å². The molecule has 1 aromatic rings. The van der Waals surface area contributed by atoms with Crippen molar-refractivity contribution in [1.82, 2.24) is 5.43 Å². The highest BCUT2D eigenvalue weighted by atomic mass is 32.1. The zero-order valence-electron chi connectivity index (χ0n) is 14.1. The molecule has 25 heavy (non-hydrogen) atoms. The van der Waals surface area contributed by atoms with Gasteiger partial charge in [0.15, 0.2) is 0 Å². The second-order valence-electron chi connectivity index (χ2n) is 6.19. The number of ether oxygens (including phenoxy) is 1. The maximum Gasteiger partial charge on any atom is 0.341 e. The van der Waals surface area contributed by atoms with Crippen LogP contribution < -0.4 is 10.7 Å². The Balaban J connectivity index is 1.74. The van der Waals surface area contributed by atoms with Gasteiger partial charge in [-0.25, -0.2) is 10.2 Å². The number of rotatable bonds is 3. The molecule has 0 saturated heterocycles. The van der Waals surface area contributed by atoms with Gasteiger partial charge in [-0.1, -0.05) is 0 Å². The highest BCUT2D eigenvalue weighted by Crippen LogP contribution is 2.38. The SMILES string of the molecule is COC(=O)c1c(NC(=O)C(=O)NN=C2CCCC2)sc2c1CCCC2. The van der Waals surface area contributed by atoms with Crippen LogP contribution in [0.2, 0.25) is 0 Å². The fourth-order valence-corrected chi connectivity index (χ4v) is 4.48. The third-order valence-electron chi connectivity index (χ3n) is 4.49. The van der Waals surface area contributed by atoms with Crippen LogP contribution in [0.3, 0.4) is 0 Å². The molecule has 1 aromatic heterocycles. The number of fused-ring (bicyclic) bond motifs is 1. The summed E-state index contributed by atoms with van der Waals surface area (Å²) in [6, 6.07) is 0.